The molecule has 2 rings (SSSR count). The Kier molecular flexibility index (Phi) is 14.8. The summed E-state index contributed by atoms with van der Waals surface area (Å²) in [7, 11) is 0. The van der Waals surface area contributed by atoms with Crippen LogP contribution >= 0.6 is 11.8 Å². The molecule has 1 N–H and O–H groups in total. The van der Waals surface area contributed by atoms with E-state index in [0.717, 1.165) is 60.7 Å². The van der Waals surface area contributed by atoms with Gasteiger partial charge in [-0.1, -0.05) is 83.5 Å². The van der Waals surface area contributed by atoms with Crippen molar-refractivity contribution < 1.29 is 14.3 Å². The molecule has 0 bridgehead atoms. The largest absolute Gasteiger partial charge is 0.427 e. The van der Waals surface area contributed by atoms with Gasteiger partial charge in [-0.25, -0.2) is 4.79 Å². The standard InChI is InChI=1S/C30H44N2O3S/c1-4-7-9-11-13-23-32(30(34)31-22-12-10-8-5-2)25-16-14-17-28(24-25)36-27-20-18-26(19-21-27)35-29(33)15-6-3/h14,16-21,24H,4-13,15,22-23H2,1-3H3,(H,31,34). The Labute approximate surface area is 222 Å². The zero-order chi connectivity index (χ0) is 26.0. The molecular formula is C30H44N2O3S. The van der Waals surface area contributed by atoms with Gasteiger partial charge in [0, 0.05) is 35.0 Å². The van der Waals surface area contributed by atoms with Crippen LogP contribution in [0.5, 0.6) is 5.75 Å². The van der Waals surface area contributed by atoms with Crippen molar-refractivity contribution in [1.29, 1.82) is 0 Å². The molecule has 5 nitrogen and oxygen atoms in total. The maximum Gasteiger partial charge on any atom is 0.321 e. The first kappa shape index (κ1) is 29.8. The fourth-order valence-corrected chi connectivity index (χ4v) is 4.75. The Balaban J connectivity index is 2.04. The lowest BCUT2D eigenvalue weighted by Gasteiger charge is -2.24. The number of hydrogen-bond acceptors (Lipinski definition) is 4. The highest BCUT2D eigenvalue weighted by molar-refractivity contribution is 7.99. The molecule has 0 atom stereocenters. The third-order valence-electron chi connectivity index (χ3n) is 5.91. The Hall–Kier alpha value is -2.47. The molecule has 2 aromatic carbocycles. The molecule has 0 aliphatic rings. The highest BCUT2D eigenvalue weighted by Gasteiger charge is 2.16. The van der Waals surface area contributed by atoms with Crippen LogP contribution in [0, 0.1) is 0 Å². The van der Waals surface area contributed by atoms with Gasteiger partial charge in [-0.2, -0.15) is 0 Å². The third-order valence-corrected chi connectivity index (χ3v) is 6.91. The van der Waals surface area contributed by atoms with Gasteiger partial charge in [0.15, 0.2) is 0 Å². The van der Waals surface area contributed by atoms with Crippen molar-refractivity contribution in [2.24, 2.45) is 0 Å². The first-order chi connectivity index (χ1) is 17.6. The number of nitrogens with zero attached hydrogens (tertiary/aromatic N) is 1. The van der Waals surface area contributed by atoms with Crippen molar-refractivity contribution in [1.82, 2.24) is 5.32 Å². The molecule has 2 aromatic rings. The van der Waals surface area contributed by atoms with E-state index in [9.17, 15) is 9.59 Å². The van der Waals surface area contributed by atoms with Crippen LogP contribution in [0.15, 0.2) is 58.3 Å². The van der Waals surface area contributed by atoms with Crippen molar-refractivity contribution in [2.75, 3.05) is 18.0 Å². The van der Waals surface area contributed by atoms with E-state index in [4.69, 9.17) is 4.74 Å². The number of ether oxygens (including phenoxy) is 1. The number of nitrogens with one attached hydrogen (secondary N) is 1. The molecule has 0 aliphatic heterocycles. The molecule has 6 heteroatoms. The molecule has 0 saturated heterocycles. The second-order valence-electron chi connectivity index (χ2n) is 9.15. The quantitative estimate of drug-likeness (QED) is 0.131. The van der Waals surface area contributed by atoms with Crippen LogP contribution in [0.25, 0.3) is 0 Å². The van der Waals surface area contributed by atoms with Gasteiger partial charge in [0.05, 0.1) is 0 Å². The number of carbonyl (C=O) groups is 2. The van der Waals surface area contributed by atoms with E-state index < -0.39 is 0 Å². The van der Waals surface area contributed by atoms with Crippen LogP contribution in [0.3, 0.4) is 0 Å². The van der Waals surface area contributed by atoms with E-state index in [1.165, 1.54) is 32.1 Å². The van der Waals surface area contributed by atoms with E-state index in [1.807, 2.05) is 48.2 Å². The first-order valence-electron chi connectivity index (χ1n) is 13.7. The molecule has 0 heterocycles. The van der Waals surface area contributed by atoms with Crippen molar-refractivity contribution in [3.8, 4) is 5.75 Å². The predicted octanol–water partition coefficient (Wildman–Crippen LogP) is 8.61. The van der Waals surface area contributed by atoms with Crippen LogP contribution < -0.4 is 15.0 Å². The number of carbonyl (C=O) groups excluding carboxylic acids is 2. The van der Waals surface area contributed by atoms with Gasteiger partial charge in [0.1, 0.15) is 5.75 Å². The smallest absolute Gasteiger partial charge is 0.321 e. The van der Waals surface area contributed by atoms with Gasteiger partial charge in [0.25, 0.3) is 0 Å². The van der Waals surface area contributed by atoms with Gasteiger partial charge < -0.3 is 10.1 Å². The normalized spacial score (nSPS) is 10.8. The minimum Gasteiger partial charge on any atom is -0.427 e. The van der Waals surface area contributed by atoms with Gasteiger partial charge in [-0.05, 0) is 61.7 Å². The molecule has 0 spiro atoms. The average molecular weight is 513 g/mol. The molecule has 36 heavy (non-hydrogen) atoms. The number of amides is 2. The third kappa shape index (κ3) is 11.5. The number of rotatable bonds is 17. The van der Waals surface area contributed by atoms with Crippen LogP contribution in [0.2, 0.25) is 0 Å². The second-order valence-corrected chi connectivity index (χ2v) is 10.3. The van der Waals surface area contributed by atoms with Crippen LogP contribution in [0.4, 0.5) is 10.5 Å². The lowest BCUT2D eigenvalue weighted by atomic mass is 10.1. The van der Waals surface area contributed by atoms with Crippen LogP contribution in [-0.2, 0) is 4.79 Å². The number of benzene rings is 2. The summed E-state index contributed by atoms with van der Waals surface area (Å²) in [5.74, 6) is 0.362. The Morgan fingerprint density at radius 3 is 2.19 bits per heavy atom. The summed E-state index contributed by atoms with van der Waals surface area (Å²) in [5, 5.41) is 3.13. The molecule has 2 amide bonds. The monoisotopic (exact) mass is 512 g/mol. The van der Waals surface area contributed by atoms with Crippen molar-refractivity contribution in [3.05, 3.63) is 48.5 Å². The Morgan fingerprint density at radius 2 is 1.50 bits per heavy atom. The lowest BCUT2D eigenvalue weighted by Crippen LogP contribution is -2.41. The van der Waals surface area contributed by atoms with E-state index >= 15 is 0 Å². The number of unbranched alkanes of at least 4 members (excludes halogenated alkanes) is 7. The maximum absolute atomic E-state index is 13.1. The lowest BCUT2D eigenvalue weighted by molar-refractivity contribution is -0.134. The molecule has 0 fully saturated rings. The number of urea groups is 1. The topological polar surface area (TPSA) is 58.6 Å². The SMILES string of the molecule is CCCCCCCN(C(=O)NCCCCCC)c1cccc(Sc2ccc(OC(=O)CCC)cc2)c1. The molecular weight excluding hydrogens is 468 g/mol. The van der Waals surface area contributed by atoms with Gasteiger partial charge in [-0.15, -0.1) is 0 Å². The van der Waals surface area contributed by atoms with E-state index in [2.05, 4.69) is 31.3 Å². The Morgan fingerprint density at radius 1 is 0.806 bits per heavy atom. The first-order valence-corrected chi connectivity index (χ1v) is 14.5. The zero-order valence-corrected chi connectivity index (χ0v) is 23.2. The summed E-state index contributed by atoms with van der Waals surface area (Å²) in [4.78, 5) is 28.8. The van der Waals surface area contributed by atoms with Gasteiger partial charge in [-0.3, -0.25) is 9.69 Å². The maximum atomic E-state index is 13.1. The Bertz CT molecular complexity index is 901. The second kappa shape index (κ2) is 17.9. The van der Waals surface area contributed by atoms with Crippen LogP contribution in [-0.4, -0.2) is 25.1 Å². The zero-order valence-electron chi connectivity index (χ0n) is 22.4. The molecule has 198 valence electrons. The minimum absolute atomic E-state index is 0.0117. The molecule has 0 unspecified atom stereocenters. The summed E-state index contributed by atoms with van der Waals surface area (Å²) < 4.78 is 5.35. The average Bonchev–Trinajstić information content (AvgIpc) is 2.87. The minimum atomic E-state index is -0.205. The predicted molar refractivity (Wildman–Crippen MR) is 151 cm³/mol. The summed E-state index contributed by atoms with van der Waals surface area (Å²) in [6, 6.07) is 15.7. The van der Waals surface area contributed by atoms with Crippen molar-refractivity contribution in [3.63, 3.8) is 0 Å². The van der Waals surface area contributed by atoms with E-state index in [0.29, 0.717) is 12.2 Å². The summed E-state index contributed by atoms with van der Waals surface area (Å²) in [6.45, 7) is 7.81. The number of anilines is 1. The molecule has 0 aromatic heterocycles. The highest BCUT2D eigenvalue weighted by Crippen LogP contribution is 2.32. The van der Waals surface area contributed by atoms with Crippen molar-refractivity contribution >= 4 is 29.4 Å². The summed E-state index contributed by atoms with van der Waals surface area (Å²) in [6.07, 6.45) is 11.6. The molecule has 0 radical (unpaired) electrons. The van der Waals surface area contributed by atoms with E-state index in [-0.39, 0.29) is 12.0 Å². The summed E-state index contributed by atoms with van der Waals surface area (Å²) >= 11 is 1.63. The number of hydrogen-bond donors (Lipinski definition) is 1. The fourth-order valence-electron chi connectivity index (χ4n) is 3.88. The van der Waals surface area contributed by atoms with Gasteiger partial charge >= 0.3 is 12.0 Å². The fraction of sp³-hybridized carbons (Fsp3) is 0.533. The number of esters is 1. The van der Waals surface area contributed by atoms with Crippen molar-refractivity contribution in [2.45, 2.75) is 101 Å². The van der Waals surface area contributed by atoms with E-state index in [1.54, 1.807) is 11.8 Å². The highest BCUT2D eigenvalue weighted by atomic mass is 32.2. The van der Waals surface area contributed by atoms with Crippen LogP contribution in [0.1, 0.15) is 91.4 Å². The molecule has 0 aliphatic carbocycles. The summed E-state index contributed by atoms with van der Waals surface area (Å²) in [5.41, 5.74) is 0.923. The molecule has 0 saturated carbocycles. The van der Waals surface area contributed by atoms with Gasteiger partial charge in [0.2, 0.25) is 0 Å².